The van der Waals surface area contributed by atoms with Crippen LogP contribution in [0, 0.1) is 16.9 Å². The van der Waals surface area contributed by atoms with E-state index >= 15 is 0 Å². The Hall–Kier alpha value is -1.04. The molecule has 3 heteroatoms. The van der Waals surface area contributed by atoms with Crippen molar-refractivity contribution in [3.8, 4) is 6.19 Å². The van der Waals surface area contributed by atoms with Crippen LogP contribution in [0.1, 0.15) is 27.2 Å². The maximum absolute atomic E-state index is 8.38. The van der Waals surface area contributed by atoms with Crippen molar-refractivity contribution in [1.29, 1.82) is 5.26 Å². The highest BCUT2D eigenvalue weighted by atomic mass is 15.0. The third-order valence-electron chi connectivity index (χ3n) is 1.92. The Labute approximate surface area is 68.1 Å². The van der Waals surface area contributed by atoms with E-state index in [9.17, 15) is 0 Å². The molecule has 0 aliphatic rings. The smallest absolute Gasteiger partial charge is 0.182 e. The number of amidine groups is 1. The number of hydrogen-bond acceptors (Lipinski definition) is 2. The Bertz CT molecular complexity index is 186. The molecule has 0 aromatic carbocycles. The average Bonchev–Trinajstić information content (AvgIpc) is 2.00. The van der Waals surface area contributed by atoms with Crippen molar-refractivity contribution in [3.63, 3.8) is 0 Å². The van der Waals surface area contributed by atoms with E-state index in [1.807, 2.05) is 6.19 Å². The first kappa shape index (κ1) is 9.96. The van der Waals surface area contributed by atoms with E-state index in [0.717, 1.165) is 12.3 Å². The zero-order valence-corrected chi connectivity index (χ0v) is 7.60. The lowest BCUT2D eigenvalue weighted by Crippen LogP contribution is -2.33. The predicted octanol–water partition coefficient (Wildman–Crippen LogP) is 1.52. The Morgan fingerprint density at radius 3 is 2.45 bits per heavy atom. The Balaban J connectivity index is 4.41. The van der Waals surface area contributed by atoms with Gasteiger partial charge < -0.3 is 0 Å². The van der Waals surface area contributed by atoms with Crippen molar-refractivity contribution in [2.75, 3.05) is 7.05 Å². The molecule has 0 saturated heterocycles. The Kier molecular flexibility index (Phi) is 3.59. The zero-order chi connectivity index (χ0) is 8.91. The molecular formula is C8H15N3. The normalized spacial score (nSPS) is 12.5. The van der Waals surface area contributed by atoms with Gasteiger partial charge in [-0.25, -0.2) is 0 Å². The fraction of sp³-hybridized carbons (Fsp3) is 0.750. The minimum Gasteiger partial charge on any atom is -0.280 e. The topological polar surface area (TPSA) is 48.2 Å². The van der Waals surface area contributed by atoms with Crippen LogP contribution >= 0.6 is 0 Å². The highest BCUT2D eigenvalue weighted by molar-refractivity contribution is 5.88. The molecule has 0 aliphatic carbocycles. The first-order valence-corrected chi connectivity index (χ1v) is 3.71. The molecule has 0 rings (SSSR count). The van der Waals surface area contributed by atoms with E-state index in [-0.39, 0.29) is 5.41 Å². The number of nitriles is 1. The summed E-state index contributed by atoms with van der Waals surface area (Å²) in [5.41, 5.74) is -0.0233. The summed E-state index contributed by atoms with van der Waals surface area (Å²) in [6.07, 6.45) is 2.84. The molecule has 0 fully saturated rings. The third kappa shape index (κ3) is 2.58. The van der Waals surface area contributed by atoms with Crippen molar-refractivity contribution >= 4 is 5.84 Å². The second-order valence-electron chi connectivity index (χ2n) is 3.05. The van der Waals surface area contributed by atoms with Crippen molar-refractivity contribution in [3.05, 3.63) is 0 Å². The molecular weight excluding hydrogens is 138 g/mol. The van der Waals surface area contributed by atoms with E-state index in [1.54, 1.807) is 7.05 Å². The largest absolute Gasteiger partial charge is 0.280 e. The summed E-state index contributed by atoms with van der Waals surface area (Å²) in [7, 11) is 1.69. The van der Waals surface area contributed by atoms with Gasteiger partial charge in [0.25, 0.3) is 0 Å². The second-order valence-corrected chi connectivity index (χ2v) is 3.05. The van der Waals surface area contributed by atoms with Crippen molar-refractivity contribution in [2.45, 2.75) is 27.2 Å². The third-order valence-corrected chi connectivity index (χ3v) is 1.92. The molecule has 0 atom stereocenters. The first-order chi connectivity index (χ1) is 5.08. The molecule has 62 valence electrons. The quantitative estimate of drug-likeness (QED) is 0.283. The lowest BCUT2D eigenvalue weighted by atomic mass is 9.89. The summed E-state index contributed by atoms with van der Waals surface area (Å²) in [5.74, 6) is 0.752. The van der Waals surface area contributed by atoms with Crippen LogP contribution in [-0.4, -0.2) is 12.9 Å². The van der Waals surface area contributed by atoms with Gasteiger partial charge in [0.05, 0.1) is 0 Å². The molecule has 0 aliphatic heterocycles. The summed E-state index contributed by atoms with van der Waals surface area (Å²) in [6.45, 7) is 6.18. The van der Waals surface area contributed by atoms with Gasteiger partial charge in [0, 0.05) is 12.5 Å². The number of rotatable bonds is 2. The first-order valence-electron chi connectivity index (χ1n) is 3.71. The number of nitrogens with zero attached hydrogens (tertiary/aromatic N) is 2. The van der Waals surface area contributed by atoms with Gasteiger partial charge in [-0.2, -0.15) is 5.26 Å². The van der Waals surface area contributed by atoms with Crippen LogP contribution in [0.15, 0.2) is 4.99 Å². The lowest BCUT2D eigenvalue weighted by Gasteiger charge is -2.22. The molecule has 0 heterocycles. The SMILES string of the molecule is CCC(C)(C)C(=NC)NC#N. The maximum atomic E-state index is 8.38. The van der Waals surface area contributed by atoms with Crippen molar-refractivity contribution < 1.29 is 0 Å². The Morgan fingerprint density at radius 1 is 1.64 bits per heavy atom. The standard InChI is InChI=1S/C8H15N3/c1-5-8(2,3)7(10-4)11-6-9/h5H2,1-4H3,(H,10,11). The van der Waals surface area contributed by atoms with Gasteiger partial charge >= 0.3 is 0 Å². The second kappa shape index (κ2) is 3.97. The minimum atomic E-state index is -0.0233. The van der Waals surface area contributed by atoms with Gasteiger partial charge in [0.15, 0.2) is 6.19 Å². The van der Waals surface area contributed by atoms with E-state index < -0.39 is 0 Å². The van der Waals surface area contributed by atoms with E-state index in [2.05, 4.69) is 31.1 Å². The molecule has 0 aromatic rings. The number of aliphatic imine (C=N–C) groups is 1. The summed E-state index contributed by atoms with van der Waals surface area (Å²) >= 11 is 0. The molecule has 0 saturated carbocycles. The van der Waals surface area contributed by atoms with Gasteiger partial charge in [-0.05, 0) is 6.42 Å². The summed E-state index contributed by atoms with van der Waals surface area (Å²) in [6, 6.07) is 0. The molecule has 0 spiro atoms. The fourth-order valence-electron chi connectivity index (χ4n) is 0.748. The van der Waals surface area contributed by atoms with Gasteiger partial charge in [-0.15, -0.1) is 0 Å². The van der Waals surface area contributed by atoms with E-state index in [0.29, 0.717) is 0 Å². The van der Waals surface area contributed by atoms with E-state index in [4.69, 9.17) is 5.26 Å². The molecule has 1 N–H and O–H groups in total. The van der Waals surface area contributed by atoms with Crippen LogP contribution in [0.4, 0.5) is 0 Å². The molecule has 0 amide bonds. The molecule has 0 bridgehead atoms. The van der Waals surface area contributed by atoms with Crippen LogP contribution in [0.25, 0.3) is 0 Å². The number of nitrogens with one attached hydrogen (secondary N) is 1. The van der Waals surface area contributed by atoms with Crippen molar-refractivity contribution in [1.82, 2.24) is 5.32 Å². The molecule has 11 heavy (non-hydrogen) atoms. The number of hydrogen-bond donors (Lipinski definition) is 1. The molecule has 3 nitrogen and oxygen atoms in total. The van der Waals surface area contributed by atoms with Gasteiger partial charge in [-0.3, -0.25) is 10.3 Å². The van der Waals surface area contributed by atoms with Crippen LogP contribution < -0.4 is 5.32 Å². The Morgan fingerprint density at radius 2 is 2.18 bits per heavy atom. The highest BCUT2D eigenvalue weighted by Gasteiger charge is 2.21. The highest BCUT2D eigenvalue weighted by Crippen LogP contribution is 2.20. The summed E-state index contributed by atoms with van der Waals surface area (Å²) < 4.78 is 0. The van der Waals surface area contributed by atoms with Gasteiger partial charge in [0.2, 0.25) is 0 Å². The van der Waals surface area contributed by atoms with Gasteiger partial charge in [-0.1, -0.05) is 20.8 Å². The summed E-state index contributed by atoms with van der Waals surface area (Å²) in [5, 5.41) is 11.0. The van der Waals surface area contributed by atoms with Crippen LogP contribution in [0.5, 0.6) is 0 Å². The predicted molar refractivity (Wildman–Crippen MR) is 46.2 cm³/mol. The molecule has 0 unspecified atom stereocenters. The van der Waals surface area contributed by atoms with Crippen LogP contribution in [0.3, 0.4) is 0 Å². The minimum absolute atomic E-state index is 0.0233. The molecule has 0 radical (unpaired) electrons. The van der Waals surface area contributed by atoms with Gasteiger partial charge in [0.1, 0.15) is 5.84 Å². The van der Waals surface area contributed by atoms with Crippen LogP contribution in [0.2, 0.25) is 0 Å². The van der Waals surface area contributed by atoms with Crippen molar-refractivity contribution in [2.24, 2.45) is 10.4 Å². The van der Waals surface area contributed by atoms with Crippen LogP contribution in [-0.2, 0) is 0 Å². The summed E-state index contributed by atoms with van der Waals surface area (Å²) in [4.78, 5) is 4.00. The lowest BCUT2D eigenvalue weighted by molar-refractivity contribution is 0.491. The fourth-order valence-corrected chi connectivity index (χ4v) is 0.748. The van der Waals surface area contributed by atoms with E-state index in [1.165, 1.54) is 0 Å². The average molecular weight is 153 g/mol. The molecule has 0 aromatic heterocycles. The monoisotopic (exact) mass is 153 g/mol. The zero-order valence-electron chi connectivity index (χ0n) is 7.60. The maximum Gasteiger partial charge on any atom is 0.182 e.